The Kier molecular flexibility index (Phi) is 9.22. The van der Waals surface area contributed by atoms with Crippen LogP contribution < -0.4 is 10.1 Å². The molecule has 0 saturated carbocycles. The average Bonchev–Trinajstić information content (AvgIpc) is 2.46. The summed E-state index contributed by atoms with van der Waals surface area (Å²) >= 11 is 0. The quantitative estimate of drug-likeness (QED) is 0.830. The Labute approximate surface area is 150 Å². The van der Waals surface area contributed by atoms with Gasteiger partial charge in [0.05, 0.1) is 18.5 Å². The number of ether oxygens (including phenoxy) is 1. The molecule has 1 aliphatic rings. The zero-order valence-corrected chi connectivity index (χ0v) is 14.2. The zero-order chi connectivity index (χ0) is 16.2. The molecule has 1 aromatic rings. The lowest BCUT2D eigenvalue weighted by Gasteiger charge is -2.34. The molecule has 0 radical (unpaired) electrons. The number of piperazine rings is 1. The molecule has 0 spiro atoms. The summed E-state index contributed by atoms with van der Waals surface area (Å²) in [5.74, 6) is -0.549. The first-order valence-electron chi connectivity index (χ1n) is 6.81. The Balaban J connectivity index is 0.00000264. The van der Waals surface area contributed by atoms with Crippen LogP contribution in [0.2, 0.25) is 0 Å². The highest BCUT2D eigenvalue weighted by molar-refractivity contribution is 5.85. The van der Waals surface area contributed by atoms with E-state index in [2.05, 4.69) is 10.1 Å². The number of nitrogens with zero attached hydrogens (tertiary/aromatic N) is 2. The van der Waals surface area contributed by atoms with Crippen LogP contribution in [0.1, 0.15) is 18.0 Å². The number of halogens is 5. The van der Waals surface area contributed by atoms with Gasteiger partial charge in [-0.1, -0.05) is 0 Å². The summed E-state index contributed by atoms with van der Waals surface area (Å²) in [5.41, 5.74) is 0.269. The van der Waals surface area contributed by atoms with Gasteiger partial charge in [0.2, 0.25) is 0 Å². The normalized spacial score (nSPS) is 16.2. The summed E-state index contributed by atoms with van der Waals surface area (Å²) in [4.78, 5) is 1.96. The molecule has 10 heteroatoms. The molecule has 1 heterocycles. The van der Waals surface area contributed by atoms with Gasteiger partial charge in [0, 0.05) is 31.7 Å². The van der Waals surface area contributed by atoms with Gasteiger partial charge < -0.3 is 15.2 Å². The van der Waals surface area contributed by atoms with Crippen molar-refractivity contribution in [2.75, 3.05) is 26.2 Å². The Morgan fingerprint density at radius 2 is 1.92 bits per heavy atom. The molecule has 2 N–H and O–H groups in total. The van der Waals surface area contributed by atoms with E-state index in [9.17, 15) is 18.3 Å². The number of nitriles is 1. The fourth-order valence-corrected chi connectivity index (χ4v) is 2.51. The molecule has 1 aromatic carbocycles. The number of benzene rings is 1. The fraction of sp³-hybridized carbons (Fsp3) is 0.500. The first-order valence-corrected chi connectivity index (χ1v) is 6.81. The van der Waals surface area contributed by atoms with Crippen molar-refractivity contribution in [3.63, 3.8) is 0 Å². The van der Waals surface area contributed by atoms with Crippen LogP contribution in [0.15, 0.2) is 18.2 Å². The molecule has 0 aliphatic carbocycles. The van der Waals surface area contributed by atoms with Gasteiger partial charge in [0.25, 0.3) is 0 Å². The Morgan fingerprint density at radius 3 is 2.46 bits per heavy atom. The topological polar surface area (TPSA) is 68.5 Å². The molecule has 1 aliphatic heterocycles. The molecule has 136 valence electrons. The lowest BCUT2D eigenvalue weighted by Crippen LogP contribution is -2.45. The second-order valence-electron chi connectivity index (χ2n) is 4.93. The summed E-state index contributed by atoms with van der Waals surface area (Å²) in [7, 11) is 0. The maximum atomic E-state index is 12.3. The van der Waals surface area contributed by atoms with Crippen LogP contribution in [0, 0.1) is 11.3 Å². The van der Waals surface area contributed by atoms with Crippen molar-refractivity contribution in [3.8, 4) is 17.6 Å². The largest absolute Gasteiger partial charge is 0.573 e. The van der Waals surface area contributed by atoms with Gasteiger partial charge in [-0.25, -0.2) is 0 Å². The number of hydrogen-bond donors (Lipinski definition) is 2. The van der Waals surface area contributed by atoms with Crippen LogP contribution in [0.4, 0.5) is 13.2 Å². The minimum absolute atomic E-state index is 0. The van der Waals surface area contributed by atoms with Gasteiger partial charge in [-0.05, 0) is 18.2 Å². The van der Waals surface area contributed by atoms with E-state index < -0.39 is 18.2 Å². The first kappa shape index (κ1) is 22.6. The number of phenols is 1. The van der Waals surface area contributed by atoms with Gasteiger partial charge in [-0.3, -0.25) is 4.90 Å². The third kappa shape index (κ3) is 6.24. The average molecular weight is 388 g/mol. The number of nitrogens with one attached hydrogen (secondary N) is 1. The molecule has 0 aromatic heterocycles. The van der Waals surface area contributed by atoms with Gasteiger partial charge >= 0.3 is 6.36 Å². The van der Waals surface area contributed by atoms with Gasteiger partial charge in [-0.2, -0.15) is 5.26 Å². The highest BCUT2D eigenvalue weighted by Gasteiger charge is 2.32. The molecule has 1 atom stereocenters. The van der Waals surface area contributed by atoms with E-state index in [1.807, 2.05) is 11.0 Å². The number of hydrogen-bond acceptors (Lipinski definition) is 5. The van der Waals surface area contributed by atoms with Crippen molar-refractivity contribution in [2.24, 2.45) is 0 Å². The van der Waals surface area contributed by atoms with E-state index in [1.165, 1.54) is 0 Å². The first-order chi connectivity index (χ1) is 10.4. The molecule has 0 amide bonds. The van der Waals surface area contributed by atoms with Crippen LogP contribution in [-0.2, 0) is 0 Å². The van der Waals surface area contributed by atoms with Crippen LogP contribution in [0.3, 0.4) is 0 Å². The third-order valence-corrected chi connectivity index (χ3v) is 3.47. The second kappa shape index (κ2) is 9.79. The fourth-order valence-electron chi connectivity index (χ4n) is 2.51. The van der Waals surface area contributed by atoms with Crippen molar-refractivity contribution < 1.29 is 23.0 Å². The smallest absolute Gasteiger partial charge is 0.508 e. The standard InChI is InChI=1S/C14H16F3N3O2.2ClH/c15-14(16,17)22-10-1-2-13(21)11(9-10)12(3-4-18)20-7-5-19-6-8-20;;/h1-2,9,12,19,21H,3,5-8H2;2*1H/t12-;;/m1../s1. The molecule has 5 nitrogen and oxygen atoms in total. The van der Waals surface area contributed by atoms with E-state index in [4.69, 9.17) is 5.26 Å². The van der Waals surface area contributed by atoms with Crippen LogP contribution in [0.5, 0.6) is 11.5 Å². The van der Waals surface area contributed by atoms with Crippen molar-refractivity contribution in [1.82, 2.24) is 10.2 Å². The van der Waals surface area contributed by atoms with Crippen LogP contribution in [0.25, 0.3) is 0 Å². The van der Waals surface area contributed by atoms with Crippen molar-refractivity contribution in [2.45, 2.75) is 18.8 Å². The molecule has 24 heavy (non-hydrogen) atoms. The molecule has 0 bridgehead atoms. The predicted molar refractivity (Wildman–Crippen MR) is 86.7 cm³/mol. The summed E-state index contributed by atoms with van der Waals surface area (Å²) in [6, 6.07) is 4.90. The number of aromatic hydroxyl groups is 1. The molecule has 0 unspecified atom stereocenters. The van der Waals surface area contributed by atoms with Crippen LogP contribution >= 0.6 is 24.8 Å². The highest BCUT2D eigenvalue weighted by Crippen LogP contribution is 2.35. The SMILES string of the molecule is Cl.Cl.N#CC[C@H](c1cc(OC(F)(F)F)ccc1O)N1CCNCC1. The number of phenolic OH excluding ortho intramolecular Hbond substituents is 1. The summed E-state index contributed by atoms with van der Waals surface area (Å²) < 4.78 is 40.9. The van der Waals surface area contributed by atoms with Crippen molar-refractivity contribution >= 4 is 24.8 Å². The lowest BCUT2D eigenvalue weighted by molar-refractivity contribution is -0.274. The third-order valence-electron chi connectivity index (χ3n) is 3.47. The highest BCUT2D eigenvalue weighted by atomic mass is 35.5. The van der Waals surface area contributed by atoms with Crippen molar-refractivity contribution in [3.05, 3.63) is 23.8 Å². The molecule has 1 saturated heterocycles. The summed E-state index contributed by atoms with van der Waals surface area (Å²) in [6.07, 6.45) is -4.73. The maximum Gasteiger partial charge on any atom is 0.573 e. The van der Waals surface area contributed by atoms with Gasteiger partial charge in [-0.15, -0.1) is 38.0 Å². The predicted octanol–water partition coefficient (Wildman–Crippen LogP) is 2.99. The monoisotopic (exact) mass is 387 g/mol. The Hall–Kier alpha value is -1.40. The maximum absolute atomic E-state index is 12.3. The molecular weight excluding hydrogens is 370 g/mol. The zero-order valence-electron chi connectivity index (χ0n) is 12.5. The number of rotatable bonds is 4. The lowest BCUT2D eigenvalue weighted by atomic mass is 10.0. The van der Waals surface area contributed by atoms with E-state index in [1.54, 1.807) is 0 Å². The van der Waals surface area contributed by atoms with Crippen molar-refractivity contribution in [1.29, 1.82) is 5.26 Å². The van der Waals surface area contributed by atoms with E-state index in [0.717, 1.165) is 31.3 Å². The molecular formula is C14H18Cl2F3N3O2. The van der Waals surface area contributed by atoms with E-state index in [0.29, 0.717) is 13.1 Å². The molecule has 2 rings (SSSR count). The Bertz CT molecular complexity index is 561. The van der Waals surface area contributed by atoms with Gasteiger partial charge in [0.1, 0.15) is 11.5 Å². The Morgan fingerprint density at radius 1 is 1.29 bits per heavy atom. The van der Waals surface area contributed by atoms with Crippen LogP contribution in [-0.4, -0.2) is 42.5 Å². The van der Waals surface area contributed by atoms with E-state index in [-0.39, 0.29) is 42.5 Å². The minimum Gasteiger partial charge on any atom is -0.508 e. The minimum atomic E-state index is -4.80. The number of alkyl halides is 3. The summed E-state index contributed by atoms with van der Waals surface area (Å²) in [6.45, 7) is 2.75. The van der Waals surface area contributed by atoms with E-state index >= 15 is 0 Å². The van der Waals surface area contributed by atoms with Gasteiger partial charge in [0.15, 0.2) is 0 Å². The molecule has 1 fully saturated rings. The summed E-state index contributed by atoms with van der Waals surface area (Å²) in [5, 5.41) is 22.1. The second-order valence-corrected chi connectivity index (χ2v) is 4.93.